The van der Waals surface area contributed by atoms with Crippen molar-refractivity contribution in [1.29, 1.82) is 0 Å². The van der Waals surface area contributed by atoms with Crippen LogP contribution in [-0.2, 0) is 0 Å². The van der Waals surface area contributed by atoms with Gasteiger partial charge in [0.15, 0.2) is 5.69 Å². The zero-order chi connectivity index (χ0) is 15.0. The highest BCUT2D eigenvalue weighted by molar-refractivity contribution is 7.10. The van der Waals surface area contributed by atoms with E-state index < -0.39 is 11.5 Å². The second-order valence-electron chi connectivity index (χ2n) is 5.43. The predicted molar refractivity (Wildman–Crippen MR) is 81.6 cm³/mol. The van der Waals surface area contributed by atoms with Crippen molar-refractivity contribution in [3.05, 3.63) is 49.8 Å². The van der Waals surface area contributed by atoms with Gasteiger partial charge in [-0.15, -0.1) is 11.3 Å². The van der Waals surface area contributed by atoms with Crippen molar-refractivity contribution in [3.8, 4) is 0 Å². The van der Waals surface area contributed by atoms with Crippen LogP contribution in [-0.4, -0.2) is 15.9 Å². The molecular formula is C15H17N3O2S. The molecule has 110 valence electrons. The molecule has 2 N–H and O–H groups in total. The van der Waals surface area contributed by atoms with Crippen molar-refractivity contribution in [2.75, 3.05) is 0 Å². The van der Waals surface area contributed by atoms with E-state index in [4.69, 9.17) is 0 Å². The third-order valence-electron chi connectivity index (χ3n) is 3.78. The number of hydrogen-bond donors (Lipinski definition) is 2. The van der Waals surface area contributed by atoms with Crippen LogP contribution in [0.1, 0.15) is 45.6 Å². The van der Waals surface area contributed by atoms with Gasteiger partial charge in [0.25, 0.3) is 11.5 Å². The lowest BCUT2D eigenvalue weighted by Crippen LogP contribution is -2.35. The fraction of sp³-hybridized carbons (Fsp3) is 0.400. The lowest BCUT2D eigenvalue weighted by molar-refractivity contribution is 0.0925. The molecule has 1 amide bonds. The molecule has 1 saturated carbocycles. The lowest BCUT2D eigenvalue weighted by Gasteiger charge is -2.16. The van der Waals surface area contributed by atoms with Crippen LogP contribution in [0.15, 0.2) is 22.3 Å². The summed E-state index contributed by atoms with van der Waals surface area (Å²) in [5, 5.41) is 4.97. The molecule has 1 aliphatic rings. The first-order valence-corrected chi connectivity index (χ1v) is 7.86. The average Bonchev–Trinajstić information content (AvgIpc) is 3.14. The maximum Gasteiger partial charge on any atom is 0.279 e. The minimum absolute atomic E-state index is 0.0136. The molecule has 0 radical (unpaired) electrons. The van der Waals surface area contributed by atoms with Crippen LogP contribution < -0.4 is 10.9 Å². The Morgan fingerprint density at radius 1 is 1.48 bits per heavy atom. The van der Waals surface area contributed by atoms with Gasteiger partial charge in [-0.2, -0.15) is 0 Å². The van der Waals surface area contributed by atoms with Gasteiger partial charge in [-0.3, -0.25) is 9.59 Å². The maximum atomic E-state index is 12.4. The first-order chi connectivity index (χ1) is 10.1. The van der Waals surface area contributed by atoms with E-state index in [1.807, 2.05) is 17.5 Å². The molecule has 6 heteroatoms. The summed E-state index contributed by atoms with van der Waals surface area (Å²) in [6.07, 6.45) is 2.22. The minimum atomic E-state index is -0.434. The highest BCUT2D eigenvalue weighted by Crippen LogP contribution is 2.42. The van der Waals surface area contributed by atoms with Crippen molar-refractivity contribution < 1.29 is 4.79 Å². The summed E-state index contributed by atoms with van der Waals surface area (Å²) < 4.78 is 0. The normalized spacial score (nSPS) is 15.7. The number of nitrogens with one attached hydrogen (secondary N) is 2. The Labute approximate surface area is 126 Å². The number of aromatic nitrogens is 2. The third-order valence-corrected chi connectivity index (χ3v) is 4.74. The molecular weight excluding hydrogens is 286 g/mol. The number of thiophene rings is 1. The molecule has 2 aromatic heterocycles. The molecule has 1 aliphatic carbocycles. The summed E-state index contributed by atoms with van der Waals surface area (Å²) in [5.74, 6) is 0.0721. The minimum Gasteiger partial charge on any atom is -0.343 e. The zero-order valence-electron chi connectivity index (χ0n) is 12.0. The first kappa shape index (κ1) is 14.0. The Kier molecular flexibility index (Phi) is 3.63. The van der Waals surface area contributed by atoms with E-state index in [-0.39, 0.29) is 11.7 Å². The Morgan fingerprint density at radius 2 is 2.24 bits per heavy atom. The Morgan fingerprint density at radius 3 is 2.86 bits per heavy atom. The number of H-pyrrole nitrogens is 1. The van der Waals surface area contributed by atoms with E-state index in [0.717, 1.165) is 17.7 Å². The molecule has 0 aromatic carbocycles. The number of carbonyl (C=O) groups excluding carboxylic acids is 1. The van der Waals surface area contributed by atoms with Crippen molar-refractivity contribution >= 4 is 17.2 Å². The van der Waals surface area contributed by atoms with Gasteiger partial charge in [0.1, 0.15) is 0 Å². The standard InChI is InChI=1S/C15H17N3O2S/c1-8-9(2)17-14(19)13(16-8)15(20)18-12(10-5-6-10)11-4-3-7-21-11/h3-4,7,10,12H,5-6H2,1-2H3,(H,17,19)(H,18,20). The van der Waals surface area contributed by atoms with Crippen LogP contribution in [0, 0.1) is 19.8 Å². The molecule has 21 heavy (non-hydrogen) atoms. The number of rotatable bonds is 4. The van der Waals surface area contributed by atoms with Gasteiger partial charge in [0.2, 0.25) is 0 Å². The molecule has 1 atom stereocenters. The summed E-state index contributed by atoms with van der Waals surface area (Å²) in [5.41, 5.74) is 0.865. The van der Waals surface area contributed by atoms with Crippen molar-refractivity contribution in [2.45, 2.75) is 32.7 Å². The number of hydrogen-bond acceptors (Lipinski definition) is 4. The maximum absolute atomic E-state index is 12.4. The van der Waals surface area contributed by atoms with Crippen LogP contribution in [0.2, 0.25) is 0 Å². The van der Waals surface area contributed by atoms with Crippen LogP contribution >= 0.6 is 11.3 Å². The molecule has 3 rings (SSSR count). The molecule has 0 bridgehead atoms. The fourth-order valence-corrected chi connectivity index (χ4v) is 3.17. The lowest BCUT2D eigenvalue weighted by atomic mass is 10.1. The number of carbonyl (C=O) groups is 1. The third kappa shape index (κ3) is 2.90. The Hall–Kier alpha value is -1.95. The average molecular weight is 303 g/mol. The summed E-state index contributed by atoms with van der Waals surface area (Å²) >= 11 is 1.63. The van der Waals surface area contributed by atoms with Crippen LogP contribution in [0.4, 0.5) is 0 Å². The Bertz CT molecular complexity index is 717. The largest absolute Gasteiger partial charge is 0.343 e. The number of amides is 1. The van der Waals surface area contributed by atoms with Crippen LogP contribution in [0.25, 0.3) is 0 Å². The van der Waals surface area contributed by atoms with E-state index >= 15 is 0 Å². The highest BCUT2D eigenvalue weighted by atomic mass is 32.1. The summed E-state index contributed by atoms with van der Waals surface area (Å²) in [4.78, 5) is 32.2. The molecule has 1 unspecified atom stereocenters. The molecule has 0 aliphatic heterocycles. The summed E-state index contributed by atoms with van der Waals surface area (Å²) in [6.45, 7) is 3.55. The van der Waals surface area contributed by atoms with E-state index in [0.29, 0.717) is 17.3 Å². The molecule has 2 aromatic rings. The van der Waals surface area contributed by atoms with Gasteiger partial charge in [-0.25, -0.2) is 4.98 Å². The van der Waals surface area contributed by atoms with Crippen molar-refractivity contribution in [3.63, 3.8) is 0 Å². The van der Waals surface area contributed by atoms with Gasteiger partial charge in [0, 0.05) is 10.6 Å². The van der Waals surface area contributed by atoms with E-state index in [9.17, 15) is 9.59 Å². The molecule has 0 spiro atoms. The van der Waals surface area contributed by atoms with E-state index in [1.165, 1.54) is 0 Å². The van der Waals surface area contributed by atoms with Crippen LogP contribution in [0.5, 0.6) is 0 Å². The quantitative estimate of drug-likeness (QED) is 0.910. The number of nitrogens with zero attached hydrogens (tertiary/aromatic N) is 1. The van der Waals surface area contributed by atoms with Gasteiger partial charge >= 0.3 is 0 Å². The smallest absolute Gasteiger partial charge is 0.279 e. The van der Waals surface area contributed by atoms with E-state index in [1.54, 1.807) is 25.2 Å². The zero-order valence-corrected chi connectivity index (χ0v) is 12.8. The van der Waals surface area contributed by atoms with Gasteiger partial charge < -0.3 is 10.3 Å². The highest BCUT2D eigenvalue weighted by Gasteiger charge is 2.34. The fourth-order valence-electron chi connectivity index (χ4n) is 2.30. The Balaban J connectivity index is 1.85. The molecule has 5 nitrogen and oxygen atoms in total. The SMILES string of the molecule is Cc1nc(C(=O)NC(c2cccs2)C2CC2)c(=O)[nH]c1C. The second kappa shape index (κ2) is 5.44. The monoisotopic (exact) mass is 303 g/mol. The van der Waals surface area contributed by atoms with Crippen molar-refractivity contribution in [1.82, 2.24) is 15.3 Å². The predicted octanol–water partition coefficient (Wildman–Crippen LogP) is 2.33. The molecule has 2 heterocycles. The first-order valence-electron chi connectivity index (χ1n) is 6.98. The summed E-state index contributed by atoms with van der Waals surface area (Å²) in [7, 11) is 0. The number of aromatic amines is 1. The number of aryl methyl sites for hydroxylation is 2. The van der Waals surface area contributed by atoms with Gasteiger partial charge in [-0.1, -0.05) is 6.07 Å². The van der Waals surface area contributed by atoms with Gasteiger partial charge in [-0.05, 0) is 44.1 Å². The van der Waals surface area contributed by atoms with Gasteiger partial charge in [0.05, 0.1) is 11.7 Å². The van der Waals surface area contributed by atoms with Crippen LogP contribution in [0.3, 0.4) is 0 Å². The molecule has 1 fully saturated rings. The summed E-state index contributed by atoms with van der Waals surface area (Å²) in [6, 6.07) is 3.98. The molecule has 0 saturated heterocycles. The second-order valence-corrected chi connectivity index (χ2v) is 6.41. The topological polar surface area (TPSA) is 74.8 Å². The van der Waals surface area contributed by atoms with Crippen molar-refractivity contribution in [2.24, 2.45) is 5.92 Å². The van der Waals surface area contributed by atoms with E-state index in [2.05, 4.69) is 15.3 Å².